The highest BCUT2D eigenvalue weighted by Crippen LogP contribution is 2.20. The molecule has 2 aromatic carbocycles. The van der Waals surface area contributed by atoms with Crippen molar-refractivity contribution in [1.29, 1.82) is 0 Å². The van der Waals surface area contributed by atoms with Gasteiger partial charge in [0, 0.05) is 6.10 Å². The van der Waals surface area contributed by atoms with Crippen LogP contribution in [0.3, 0.4) is 0 Å². The van der Waals surface area contributed by atoms with Crippen LogP contribution in [-0.4, -0.2) is 15.9 Å². The van der Waals surface area contributed by atoms with E-state index < -0.39 is 9.76 Å². The fourth-order valence-corrected chi connectivity index (χ4v) is 3.83. The van der Waals surface area contributed by atoms with E-state index in [0.717, 1.165) is 18.4 Å². The Morgan fingerprint density at radius 2 is 1.67 bits per heavy atom. The van der Waals surface area contributed by atoms with Gasteiger partial charge in [-0.25, -0.2) is 0 Å². The lowest BCUT2D eigenvalue weighted by molar-refractivity contribution is 0.206. The Hall–Kier alpha value is -1.64. The van der Waals surface area contributed by atoms with E-state index in [-0.39, 0.29) is 0 Å². The van der Waals surface area contributed by atoms with Crippen molar-refractivity contribution in [1.82, 2.24) is 0 Å². The quantitative estimate of drug-likeness (QED) is 0.709. The zero-order chi connectivity index (χ0) is 15.1. The van der Waals surface area contributed by atoms with Crippen LogP contribution < -0.4 is 5.19 Å². The van der Waals surface area contributed by atoms with Gasteiger partial charge in [0.1, 0.15) is 0 Å². The first-order valence-corrected chi connectivity index (χ1v) is 8.98. The highest BCUT2D eigenvalue weighted by atomic mass is 28.2. The molecular weight excluding hydrogens is 272 g/mol. The molecule has 0 spiro atoms. The molecule has 0 aromatic heterocycles. The molecule has 0 saturated carbocycles. The SMILES string of the molecule is C=C(c1ccccc1)c1cccc([SiH2]OC(CC)CC)c1. The maximum absolute atomic E-state index is 6.08. The highest BCUT2D eigenvalue weighted by Gasteiger charge is 2.06. The second-order valence-electron chi connectivity index (χ2n) is 5.29. The molecule has 0 unspecified atom stereocenters. The van der Waals surface area contributed by atoms with E-state index in [9.17, 15) is 0 Å². The summed E-state index contributed by atoms with van der Waals surface area (Å²) in [6.45, 7) is 8.62. The molecule has 0 aliphatic rings. The van der Waals surface area contributed by atoms with Gasteiger partial charge in [-0.2, -0.15) is 0 Å². The van der Waals surface area contributed by atoms with Crippen LogP contribution in [0.2, 0.25) is 0 Å². The summed E-state index contributed by atoms with van der Waals surface area (Å²) in [4.78, 5) is 0. The third-order valence-electron chi connectivity index (χ3n) is 3.79. The molecule has 0 N–H and O–H groups in total. The van der Waals surface area contributed by atoms with Crippen molar-refractivity contribution in [2.75, 3.05) is 0 Å². The second-order valence-corrected chi connectivity index (χ2v) is 6.73. The van der Waals surface area contributed by atoms with Gasteiger partial charge in [0.2, 0.25) is 0 Å². The van der Waals surface area contributed by atoms with Crippen LogP contribution >= 0.6 is 0 Å². The highest BCUT2D eigenvalue weighted by molar-refractivity contribution is 6.47. The average molecular weight is 296 g/mol. The summed E-state index contributed by atoms with van der Waals surface area (Å²) in [5, 5.41) is 1.34. The van der Waals surface area contributed by atoms with Gasteiger partial charge in [-0.15, -0.1) is 0 Å². The smallest absolute Gasteiger partial charge is 0.192 e. The Kier molecular flexibility index (Phi) is 5.97. The van der Waals surface area contributed by atoms with Crippen LogP contribution in [0.5, 0.6) is 0 Å². The van der Waals surface area contributed by atoms with E-state index in [2.05, 4.69) is 69.0 Å². The normalized spacial score (nSPS) is 11.4. The van der Waals surface area contributed by atoms with Crippen LogP contribution in [0, 0.1) is 0 Å². The molecule has 0 heterocycles. The Bertz CT molecular complexity index is 573. The number of hydrogen-bond donors (Lipinski definition) is 0. The summed E-state index contributed by atoms with van der Waals surface area (Å²) in [6, 6.07) is 19.0. The predicted octanol–water partition coefficient (Wildman–Crippen LogP) is 3.66. The molecule has 21 heavy (non-hydrogen) atoms. The van der Waals surface area contributed by atoms with E-state index in [1.54, 1.807) is 0 Å². The van der Waals surface area contributed by atoms with Crippen LogP contribution in [0.15, 0.2) is 61.2 Å². The Morgan fingerprint density at radius 3 is 2.33 bits per heavy atom. The molecule has 2 aromatic rings. The van der Waals surface area contributed by atoms with E-state index in [4.69, 9.17) is 4.43 Å². The molecule has 110 valence electrons. The monoisotopic (exact) mass is 296 g/mol. The molecule has 0 radical (unpaired) electrons. The molecule has 0 aliphatic carbocycles. The summed E-state index contributed by atoms with van der Waals surface area (Å²) >= 11 is 0. The fraction of sp³-hybridized carbons (Fsp3) is 0.263. The Balaban J connectivity index is 2.09. The topological polar surface area (TPSA) is 9.23 Å². The Labute approximate surface area is 130 Å². The molecule has 2 heteroatoms. The van der Waals surface area contributed by atoms with Gasteiger partial charge in [0.15, 0.2) is 9.76 Å². The minimum atomic E-state index is -0.655. The largest absolute Gasteiger partial charge is 0.416 e. The first-order chi connectivity index (χ1) is 10.2. The fourth-order valence-electron chi connectivity index (χ4n) is 2.39. The van der Waals surface area contributed by atoms with Gasteiger partial charge >= 0.3 is 0 Å². The van der Waals surface area contributed by atoms with E-state index in [0.29, 0.717) is 6.10 Å². The maximum atomic E-state index is 6.08. The minimum absolute atomic E-state index is 0.414. The van der Waals surface area contributed by atoms with Crippen LogP contribution in [0.25, 0.3) is 5.57 Å². The number of rotatable bonds is 7. The molecule has 0 saturated heterocycles. The summed E-state index contributed by atoms with van der Waals surface area (Å²) in [7, 11) is -0.655. The van der Waals surface area contributed by atoms with Gasteiger partial charge in [-0.3, -0.25) is 0 Å². The molecule has 0 fully saturated rings. The molecule has 0 amide bonds. The Morgan fingerprint density at radius 1 is 1.00 bits per heavy atom. The van der Waals surface area contributed by atoms with Crippen LogP contribution in [0.1, 0.15) is 37.8 Å². The zero-order valence-electron chi connectivity index (χ0n) is 13.0. The van der Waals surface area contributed by atoms with Gasteiger partial charge in [-0.05, 0) is 34.7 Å². The standard InChI is InChI=1S/C19H24OSi/c1-4-18(5-2)20-21-19-13-9-12-17(14-19)15(3)16-10-7-6-8-11-16/h6-14,18H,3-5,21H2,1-2H3. The van der Waals surface area contributed by atoms with Gasteiger partial charge in [0.25, 0.3) is 0 Å². The summed E-state index contributed by atoms with van der Waals surface area (Å²) in [5.74, 6) is 0. The second kappa shape index (κ2) is 7.96. The number of benzene rings is 2. The van der Waals surface area contributed by atoms with E-state index in [1.165, 1.54) is 16.3 Å². The predicted molar refractivity (Wildman–Crippen MR) is 94.7 cm³/mol. The van der Waals surface area contributed by atoms with Crippen molar-refractivity contribution in [3.8, 4) is 0 Å². The average Bonchev–Trinajstić information content (AvgIpc) is 2.56. The molecule has 0 aliphatic heterocycles. The van der Waals surface area contributed by atoms with E-state index in [1.807, 2.05) is 6.07 Å². The first-order valence-electron chi connectivity index (χ1n) is 7.69. The lowest BCUT2D eigenvalue weighted by Gasteiger charge is -2.14. The first kappa shape index (κ1) is 15.7. The molecular formula is C19H24OSi. The summed E-state index contributed by atoms with van der Waals surface area (Å²) in [5.41, 5.74) is 3.45. The van der Waals surface area contributed by atoms with E-state index >= 15 is 0 Å². The zero-order valence-corrected chi connectivity index (χ0v) is 14.4. The van der Waals surface area contributed by atoms with Gasteiger partial charge in [0.05, 0.1) is 0 Å². The number of hydrogen-bond acceptors (Lipinski definition) is 1. The van der Waals surface area contributed by atoms with Crippen molar-refractivity contribution in [2.24, 2.45) is 0 Å². The lowest BCUT2D eigenvalue weighted by Crippen LogP contribution is -2.23. The molecule has 0 atom stereocenters. The summed E-state index contributed by atoms with van der Waals surface area (Å²) in [6.07, 6.45) is 2.61. The van der Waals surface area contributed by atoms with Crippen molar-refractivity contribution in [3.63, 3.8) is 0 Å². The van der Waals surface area contributed by atoms with Gasteiger partial charge < -0.3 is 4.43 Å². The molecule has 2 rings (SSSR count). The maximum Gasteiger partial charge on any atom is 0.192 e. The third-order valence-corrected chi connectivity index (χ3v) is 5.21. The van der Waals surface area contributed by atoms with Gasteiger partial charge in [-0.1, -0.05) is 75.0 Å². The molecule has 1 nitrogen and oxygen atoms in total. The van der Waals surface area contributed by atoms with Crippen LogP contribution in [-0.2, 0) is 4.43 Å². The third kappa shape index (κ3) is 4.41. The van der Waals surface area contributed by atoms with Crippen LogP contribution in [0.4, 0.5) is 0 Å². The van der Waals surface area contributed by atoms with Crippen molar-refractivity contribution >= 4 is 20.5 Å². The van der Waals surface area contributed by atoms with Crippen molar-refractivity contribution in [2.45, 2.75) is 32.8 Å². The van der Waals surface area contributed by atoms with Crippen molar-refractivity contribution in [3.05, 3.63) is 72.3 Å². The lowest BCUT2D eigenvalue weighted by atomic mass is 10.00. The summed E-state index contributed by atoms with van der Waals surface area (Å²) < 4.78 is 6.08. The minimum Gasteiger partial charge on any atom is -0.416 e. The van der Waals surface area contributed by atoms with Crippen molar-refractivity contribution < 1.29 is 4.43 Å². The molecule has 0 bridgehead atoms.